The summed E-state index contributed by atoms with van der Waals surface area (Å²) < 4.78 is 5.38. The van der Waals surface area contributed by atoms with Crippen LogP contribution in [0.1, 0.15) is 18.9 Å². The van der Waals surface area contributed by atoms with E-state index in [-0.39, 0.29) is 6.04 Å². The minimum Gasteiger partial charge on any atom is -0.419 e. The summed E-state index contributed by atoms with van der Waals surface area (Å²) >= 11 is 0. The minimum atomic E-state index is -0.222. The van der Waals surface area contributed by atoms with E-state index >= 15 is 0 Å². The zero-order valence-corrected chi connectivity index (χ0v) is 7.84. The van der Waals surface area contributed by atoms with Gasteiger partial charge in [0.1, 0.15) is 0 Å². The van der Waals surface area contributed by atoms with Crippen LogP contribution in [-0.2, 0) is 0 Å². The van der Waals surface area contributed by atoms with Crippen LogP contribution in [0.3, 0.4) is 0 Å². The van der Waals surface area contributed by atoms with Gasteiger partial charge in [-0.15, -0.1) is 10.2 Å². The molecule has 0 radical (unpaired) electrons. The molecule has 72 valence electrons. The Bertz CT molecular complexity index is 408. The van der Waals surface area contributed by atoms with Crippen LogP contribution >= 0.6 is 0 Å². The molecule has 1 heterocycles. The molecule has 1 atom stereocenters. The number of benzene rings is 1. The normalized spacial score (nSPS) is 12.7. The van der Waals surface area contributed by atoms with Crippen LogP contribution in [0.25, 0.3) is 11.5 Å². The smallest absolute Gasteiger partial charge is 0.247 e. The van der Waals surface area contributed by atoms with Crippen molar-refractivity contribution < 1.29 is 4.42 Å². The maximum absolute atomic E-state index is 5.61. The summed E-state index contributed by atoms with van der Waals surface area (Å²) in [6.45, 7) is 1.81. The van der Waals surface area contributed by atoms with Gasteiger partial charge in [-0.05, 0) is 19.1 Å². The SMILES string of the molecule is CC(N)c1nnc(-c2ccccc2)o1. The first-order valence-electron chi connectivity index (χ1n) is 4.42. The molecule has 0 bridgehead atoms. The molecule has 2 N–H and O–H groups in total. The van der Waals surface area contributed by atoms with E-state index in [2.05, 4.69) is 10.2 Å². The number of hydrogen-bond acceptors (Lipinski definition) is 4. The maximum atomic E-state index is 5.61. The lowest BCUT2D eigenvalue weighted by Crippen LogP contribution is -2.04. The van der Waals surface area contributed by atoms with Crippen LogP contribution in [0, 0.1) is 0 Å². The van der Waals surface area contributed by atoms with Crippen LogP contribution in [0.4, 0.5) is 0 Å². The molecule has 4 nitrogen and oxygen atoms in total. The van der Waals surface area contributed by atoms with E-state index in [1.165, 1.54) is 0 Å². The molecule has 1 aromatic heterocycles. The molecular formula is C10H11N3O. The Morgan fingerprint density at radius 3 is 2.50 bits per heavy atom. The zero-order valence-electron chi connectivity index (χ0n) is 7.84. The molecule has 0 amide bonds. The molecule has 0 spiro atoms. The van der Waals surface area contributed by atoms with Crippen molar-refractivity contribution in [3.05, 3.63) is 36.2 Å². The summed E-state index contributed by atoms with van der Waals surface area (Å²) in [4.78, 5) is 0. The summed E-state index contributed by atoms with van der Waals surface area (Å²) in [7, 11) is 0. The summed E-state index contributed by atoms with van der Waals surface area (Å²) in [5.41, 5.74) is 6.52. The van der Waals surface area contributed by atoms with Gasteiger partial charge in [-0.3, -0.25) is 0 Å². The van der Waals surface area contributed by atoms with Crippen molar-refractivity contribution in [3.8, 4) is 11.5 Å². The number of rotatable bonds is 2. The first kappa shape index (κ1) is 8.90. The Hall–Kier alpha value is -1.68. The molecular weight excluding hydrogens is 178 g/mol. The van der Waals surface area contributed by atoms with Crippen molar-refractivity contribution in [1.82, 2.24) is 10.2 Å². The second kappa shape index (κ2) is 3.59. The first-order chi connectivity index (χ1) is 6.77. The number of aromatic nitrogens is 2. The molecule has 0 aliphatic rings. The summed E-state index contributed by atoms with van der Waals surface area (Å²) in [6, 6.07) is 9.39. The van der Waals surface area contributed by atoms with Gasteiger partial charge in [-0.25, -0.2) is 0 Å². The third kappa shape index (κ3) is 1.65. The quantitative estimate of drug-likeness (QED) is 0.781. The van der Waals surface area contributed by atoms with Crippen LogP contribution in [0.15, 0.2) is 34.7 Å². The lowest BCUT2D eigenvalue weighted by Gasteiger charge is -1.95. The Balaban J connectivity index is 2.34. The van der Waals surface area contributed by atoms with Crippen molar-refractivity contribution in [3.63, 3.8) is 0 Å². The highest BCUT2D eigenvalue weighted by atomic mass is 16.4. The summed E-state index contributed by atoms with van der Waals surface area (Å²) in [5, 5.41) is 7.76. The van der Waals surface area contributed by atoms with Crippen molar-refractivity contribution in [2.45, 2.75) is 13.0 Å². The maximum Gasteiger partial charge on any atom is 0.247 e. The van der Waals surface area contributed by atoms with Crippen molar-refractivity contribution in [2.75, 3.05) is 0 Å². The topological polar surface area (TPSA) is 64.9 Å². The van der Waals surface area contributed by atoms with Gasteiger partial charge < -0.3 is 10.2 Å². The highest BCUT2D eigenvalue weighted by Gasteiger charge is 2.10. The molecule has 0 saturated heterocycles. The van der Waals surface area contributed by atoms with E-state index in [9.17, 15) is 0 Å². The van der Waals surface area contributed by atoms with Crippen molar-refractivity contribution in [1.29, 1.82) is 0 Å². The predicted octanol–water partition coefficient (Wildman–Crippen LogP) is 1.76. The van der Waals surface area contributed by atoms with E-state index in [0.717, 1.165) is 5.56 Å². The van der Waals surface area contributed by atoms with Crippen LogP contribution < -0.4 is 5.73 Å². The van der Waals surface area contributed by atoms with Gasteiger partial charge >= 0.3 is 0 Å². The Labute approximate surface area is 81.8 Å². The average molecular weight is 189 g/mol. The Morgan fingerprint density at radius 1 is 1.21 bits per heavy atom. The number of nitrogens with two attached hydrogens (primary N) is 1. The second-order valence-corrected chi connectivity index (χ2v) is 3.10. The molecule has 14 heavy (non-hydrogen) atoms. The monoisotopic (exact) mass is 189 g/mol. The predicted molar refractivity (Wildman–Crippen MR) is 52.3 cm³/mol. The van der Waals surface area contributed by atoms with E-state index in [1.807, 2.05) is 37.3 Å². The third-order valence-electron chi connectivity index (χ3n) is 1.85. The molecule has 0 fully saturated rings. The summed E-state index contributed by atoms with van der Waals surface area (Å²) in [6.07, 6.45) is 0. The van der Waals surface area contributed by atoms with Gasteiger partial charge in [0.05, 0.1) is 6.04 Å². The fourth-order valence-electron chi connectivity index (χ4n) is 1.12. The van der Waals surface area contributed by atoms with Crippen LogP contribution in [0.2, 0.25) is 0 Å². The average Bonchev–Trinajstić information content (AvgIpc) is 2.68. The molecule has 1 aromatic carbocycles. The van der Waals surface area contributed by atoms with E-state index in [1.54, 1.807) is 0 Å². The molecule has 2 rings (SSSR count). The van der Waals surface area contributed by atoms with E-state index in [4.69, 9.17) is 10.2 Å². The van der Waals surface area contributed by atoms with Crippen LogP contribution in [0.5, 0.6) is 0 Å². The molecule has 1 unspecified atom stereocenters. The van der Waals surface area contributed by atoms with Crippen molar-refractivity contribution in [2.24, 2.45) is 5.73 Å². The fourth-order valence-corrected chi connectivity index (χ4v) is 1.12. The van der Waals surface area contributed by atoms with Gasteiger partial charge in [0.15, 0.2) is 0 Å². The van der Waals surface area contributed by atoms with Gasteiger partial charge in [0.2, 0.25) is 11.8 Å². The molecule has 4 heteroatoms. The number of nitrogens with zero attached hydrogens (tertiary/aromatic N) is 2. The first-order valence-corrected chi connectivity index (χ1v) is 4.42. The zero-order chi connectivity index (χ0) is 9.97. The molecule has 2 aromatic rings. The van der Waals surface area contributed by atoms with Gasteiger partial charge in [0.25, 0.3) is 0 Å². The van der Waals surface area contributed by atoms with Gasteiger partial charge in [-0.2, -0.15) is 0 Å². The molecule has 0 aliphatic carbocycles. The lowest BCUT2D eigenvalue weighted by atomic mass is 10.2. The second-order valence-electron chi connectivity index (χ2n) is 3.10. The molecule has 0 saturated carbocycles. The van der Waals surface area contributed by atoms with E-state index in [0.29, 0.717) is 11.8 Å². The summed E-state index contributed by atoms with van der Waals surface area (Å²) in [5.74, 6) is 0.974. The Kier molecular flexibility index (Phi) is 2.28. The minimum absolute atomic E-state index is 0.222. The number of hydrogen-bond donors (Lipinski definition) is 1. The highest BCUT2D eigenvalue weighted by molar-refractivity contribution is 5.51. The fraction of sp³-hybridized carbons (Fsp3) is 0.200. The lowest BCUT2D eigenvalue weighted by molar-refractivity contribution is 0.473. The van der Waals surface area contributed by atoms with Crippen LogP contribution in [-0.4, -0.2) is 10.2 Å². The van der Waals surface area contributed by atoms with E-state index < -0.39 is 0 Å². The highest BCUT2D eigenvalue weighted by Crippen LogP contribution is 2.18. The van der Waals surface area contributed by atoms with Crippen molar-refractivity contribution >= 4 is 0 Å². The Morgan fingerprint density at radius 2 is 1.93 bits per heavy atom. The molecule has 0 aliphatic heterocycles. The van der Waals surface area contributed by atoms with Gasteiger partial charge in [-0.1, -0.05) is 18.2 Å². The third-order valence-corrected chi connectivity index (χ3v) is 1.85. The largest absolute Gasteiger partial charge is 0.419 e. The standard InChI is InChI=1S/C10H11N3O/c1-7(11)9-12-13-10(14-9)8-5-3-2-4-6-8/h2-7H,11H2,1H3. The van der Waals surface area contributed by atoms with Gasteiger partial charge in [0, 0.05) is 5.56 Å².